The highest BCUT2D eigenvalue weighted by Crippen LogP contribution is 2.32. The molecule has 0 unspecified atom stereocenters. The lowest BCUT2D eigenvalue weighted by molar-refractivity contribution is -0.141. The van der Waals surface area contributed by atoms with Gasteiger partial charge < -0.3 is 5.11 Å². The van der Waals surface area contributed by atoms with Gasteiger partial charge in [-0.1, -0.05) is 6.92 Å². The molecule has 0 aliphatic heterocycles. The minimum absolute atomic E-state index is 0.0497. The van der Waals surface area contributed by atoms with Gasteiger partial charge in [0.15, 0.2) is 9.84 Å². The molecule has 0 aliphatic rings. The summed E-state index contributed by atoms with van der Waals surface area (Å²) in [6.07, 6.45) is -2.36. The first kappa shape index (κ1) is 18.8. The van der Waals surface area contributed by atoms with Crippen LogP contribution >= 0.6 is 22.6 Å². The van der Waals surface area contributed by atoms with Crippen molar-refractivity contribution in [2.24, 2.45) is 0 Å². The molecule has 138 valence electrons. The Morgan fingerprint density at radius 3 is 2.58 bits per heavy atom. The Hall–Kier alpha value is -1.96. The van der Waals surface area contributed by atoms with Gasteiger partial charge in [0, 0.05) is 18.3 Å². The summed E-state index contributed by atoms with van der Waals surface area (Å²) in [5.74, 6) is -0.555. The average molecular weight is 498 g/mol. The first-order valence-corrected chi connectivity index (χ1v) is 9.80. The highest BCUT2D eigenvalue weighted by molar-refractivity contribution is 14.1. The van der Waals surface area contributed by atoms with Crippen molar-refractivity contribution in [3.05, 3.63) is 34.1 Å². The molecule has 0 saturated carbocycles. The van der Waals surface area contributed by atoms with Crippen molar-refractivity contribution in [2.45, 2.75) is 18.0 Å². The molecular weight excluding hydrogens is 488 g/mol. The average Bonchev–Trinajstić information content (AvgIpc) is 2.99. The number of hydrogen-bond acceptors (Lipinski definition) is 6. The van der Waals surface area contributed by atoms with Crippen LogP contribution < -0.4 is 0 Å². The molecule has 3 aromatic heterocycles. The molecule has 3 heterocycles. The summed E-state index contributed by atoms with van der Waals surface area (Å²) < 4.78 is 64.4. The van der Waals surface area contributed by atoms with Gasteiger partial charge in [0.1, 0.15) is 38.5 Å². The van der Waals surface area contributed by atoms with Gasteiger partial charge in [-0.3, -0.25) is 4.40 Å². The monoisotopic (exact) mass is 498 g/mol. The number of nitrogens with zero attached hydrogens (tertiary/aromatic N) is 4. The van der Waals surface area contributed by atoms with Gasteiger partial charge in [-0.15, -0.1) is 0 Å². The fourth-order valence-corrected chi connectivity index (χ4v) is 3.64. The quantitative estimate of drug-likeness (QED) is 0.441. The summed E-state index contributed by atoms with van der Waals surface area (Å²) in [4.78, 5) is 11.2. The SMILES string of the molecule is CCS(=O)(=O)c1cc(O)c(I)nc1-c1cn2cnc(C(F)(F)F)cc2n1. The number of aromatic hydroxyl groups is 1. The van der Waals surface area contributed by atoms with E-state index in [0.29, 0.717) is 0 Å². The summed E-state index contributed by atoms with van der Waals surface area (Å²) in [7, 11) is -3.76. The maximum absolute atomic E-state index is 12.8. The molecule has 0 radical (unpaired) electrons. The zero-order valence-electron chi connectivity index (χ0n) is 13.0. The van der Waals surface area contributed by atoms with Crippen LogP contribution in [-0.4, -0.2) is 38.6 Å². The Kier molecular flexibility index (Phi) is 4.58. The number of imidazole rings is 1. The largest absolute Gasteiger partial charge is 0.505 e. The standard InChI is InChI=1S/C14H10F3IN4O3S/c1-2-26(24,25)9-3-8(23)13(18)21-12(9)7-5-22-6-19-10(14(15,16)17)4-11(22)20-7/h3-6,23H,2H2,1H3. The lowest BCUT2D eigenvalue weighted by Crippen LogP contribution is -2.08. The van der Waals surface area contributed by atoms with Crippen molar-refractivity contribution in [3.8, 4) is 17.1 Å². The molecule has 0 atom stereocenters. The zero-order valence-corrected chi connectivity index (χ0v) is 16.0. The molecule has 0 aliphatic carbocycles. The van der Waals surface area contributed by atoms with Crippen LogP contribution in [0.25, 0.3) is 17.0 Å². The van der Waals surface area contributed by atoms with E-state index in [4.69, 9.17) is 0 Å². The molecule has 3 aromatic rings. The van der Waals surface area contributed by atoms with E-state index in [9.17, 15) is 26.7 Å². The number of alkyl halides is 3. The van der Waals surface area contributed by atoms with E-state index >= 15 is 0 Å². The Labute approximate surface area is 159 Å². The van der Waals surface area contributed by atoms with Crippen molar-refractivity contribution in [1.29, 1.82) is 0 Å². The van der Waals surface area contributed by atoms with Gasteiger partial charge in [-0.25, -0.2) is 23.4 Å². The van der Waals surface area contributed by atoms with E-state index in [1.807, 2.05) is 0 Å². The van der Waals surface area contributed by atoms with Crippen molar-refractivity contribution < 1.29 is 26.7 Å². The molecule has 3 rings (SSSR count). The molecule has 0 saturated heterocycles. The summed E-state index contributed by atoms with van der Waals surface area (Å²) in [5.41, 5.74) is -1.17. The number of rotatable bonds is 3. The van der Waals surface area contributed by atoms with E-state index in [0.717, 1.165) is 18.5 Å². The lowest BCUT2D eigenvalue weighted by atomic mass is 10.3. The minimum atomic E-state index is -4.63. The van der Waals surface area contributed by atoms with Crippen LogP contribution in [0.15, 0.2) is 29.6 Å². The van der Waals surface area contributed by atoms with Crippen molar-refractivity contribution in [3.63, 3.8) is 0 Å². The maximum Gasteiger partial charge on any atom is 0.433 e. The molecule has 1 N–H and O–H groups in total. The van der Waals surface area contributed by atoms with Crippen LogP contribution in [0.5, 0.6) is 5.75 Å². The van der Waals surface area contributed by atoms with Crippen molar-refractivity contribution in [2.75, 3.05) is 5.75 Å². The van der Waals surface area contributed by atoms with Gasteiger partial charge in [-0.2, -0.15) is 13.2 Å². The van der Waals surface area contributed by atoms with Gasteiger partial charge in [0.2, 0.25) is 0 Å². The Bertz CT molecular complexity index is 1110. The van der Waals surface area contributed by atoms with Gasteiger partial charge in [0.25, 0.3) is 0 Å². The molecule has 0 bridgehead atoms. The number of fused-ring (bicyclic) bond motifs is 1. The van der Waals surface area contributed by atoms with E-state index < -0.39 is 21.7 Å². The van der Waals surface area contributed by atoms with E-state index in [-0.39, 0.29) is 37.1 Å². The fraction of sp³-hybridized carbons (Fsp3) is 0.214. The predicted molar refractivity (Wildman–Crippen MR) is 93.3 cm³/mol. The number of sulfone groups is 1. The van der Waals surface area contributed by atoms with Gasteiger partial charge >= 0.3 is 6.18 Å². The van der Waals surface area contributed by atoms with Crippen LogP contribution in [-0.2, 0) is 16.0 Å². The van der Waals surface area contributed by atoms with Gasteiger partial charge in [-0.05, 0) is 22.6 Å². The topological polar surface area (TPSA) is 97.5 Å². The number of hydrogen-bond donors (Lipinski definition) is 1. The Morgan fingerprint density at radius 2 is 1.96 bits per heavy atom. The fourth-order valence-electron chi connectivity index (χ4n) is 2.20. The van der Waals surface area contributed by atoms with E-state index in [1.165, 1.54) is 17.5 Å². The highest BCUT2D eigenvalue weighted by atomic mass is 127. The van der Waals surface area contributed by atoms with Crippen LogP contribution in [0.4, 0.5) is 13.2 Å². The molecule has 12 heteroatoms. The Morgan fingerprint density at radius 1 is 1.27 bits per heavy atom. The smallest absolute Gasteiger partial charge is 0.433 e. The number of pyridine rings is 1. The minimum Gasteiger partial charge on any atom is -0.505 e. The molecule has 0 spiro atoms. The second-order valence-electron chi connectivity index (χ2n) is 5.21. The third-order valence-electron chi connectivity index (χ3n) is 3.52. The van der Waals surface area contributed by atoms with Crippen LogP contribution in [0.3, 0.4) is 0 Å². The molecule has 26 heavy (non-hydrogen) atoms. The summed E-state index contributed by atoms with van der Waals surface area (Å²) in [5, 5.41) is 9.80. The third kappa shape index (κ3) is 3.34. The molecule has 0 aromatic carbocycles. The molecule has 0 amide bonds. The first-order valence-electron chi connectivity index (χ1n) is 7.07. The van der Waals surface area contributed by atoms with Crippen LogP contribution in [0, 0.1) is 3.70 Å². The second-order valence-corrected chi connectivity index (χ2v) is 8.48. The summed E-state index contributed by atoms with van der Waals surface area (Å²) in [6, 6.07) is 1.81. The van der Waals surface area contributed by atoms with Crippen molar-refractivity contribution >= 4 is 38.1 Å². The zero-order chi connectivity index (χ0) is 19.3. The van der Waals surface area contributed by atoms with E-state index in [2.05, 4.69) is 15.0 Å². The van der Waals surface area contributed by atoms with Crippen LogP contribution in [0.1, 0.15) is 12.6 Å². The number of halogens is 4. The van der Waals surface area contributed by atoms with Gasteiger partial charge in [0.05, 0.1) is 10.6 Å². The maximum atomic E-state index is 12.8. The van der Waals surface area contributed by atoms with Crippen LogP contribution in [0.2, 0.25) is 0 Å². The van der Waals surface area contributed by atoms with E-state index in [1.54, 1.807) is 22.6 Å². The number of aromatic nitrogens is 4. The normalized spacial score (nSPS) is 12.7. The van der Waals surface area contributed by atoms with Crippen molar-refractivity contribution in [1.82, 2.24) is 19.4 Å². The Balaban J connectivity index is 2.25. The second kappa shape index (κ2) is 6.33. The summed E-state index contributed by atoms with van der Waals surface area (Å²) >= 11 is 1.72. The predicted octanol–water partition coefficient (Wildman–Crippen LogP) is 2.91. The lowest BCUT2D eigenvalue weighted by Gasteiger charge is -2.08. The molecule has 0 fully saturated rings. The summed E-state index contributed by atoms with van der Waals surface area (Å²) in [6.45, 7) is 1.43. The molecular formula is C14H10F3IN4O3S. The highest BCUT2D eigenvalue weighted by Gasteiger charge is 2.33. The molecule has 7 nitrogen and oxygen atoms in total. The third-order valence-corrected chi connectivity index (χ3v) is 6.05. The first-order chi connectivity index (χ1) is 12.0.